The van der Waals surface area contributed by atoms with Gasteiger partial charge in [0.05, 0.1) is 25.2 Å². The maximum atomic E-state index is 11.8. The zero-order valence-corrected chi connectivity index (χ0v) is 14.0. The van der Waals surface area contributed by atoms with Crippen LogP contribution in [0.2, 0.25) is 0 Å². The Labute approximate surface area is 139 Å². The largest absolute Gasteiger partial charge is 0.493 e. The summed E-state index contributed by atoms with van der Waals surface area (Å²) in [6, 6.07) is 2.12. The molecular weight excluding hydrogens is 318 g/mol. The SMILES string of the molecule is COc1cc(CCNC(=O)C(C)NC(C)=O)c([N+](=O)[O-])cc1OC. The number of nitro benzene ring substituents is 1. The van der Waals surface area contributed by atoms with Crippen LogP contribution in [-0.4, -0.2) is 43.5 Å². The quantitative estimate of drug-likeness (QED) is 0.534. The van der Waals surface area contributed by atoms with Crippen LogP contribution in [0.1, 0.15) is 19.4 Å². The number of amides is 2. The first-order chi connectivity index (χ1) is 11.3. The molecule has 1 aromatic carbocycles. The molecule has 0 radical (unpaired) electrons. The van der Waals surface area contributed by atoms with Crippen LogP contribution < -0.4 is 20.1 Å². The number of benzene rings is 1. The van der Waals surface area contributed by atoms with Crippen LogP contribution in [0, 0.1) is 10.1 Å². The Morgan fingerprint density at radius 1 is 1.25 bits per heavy atom. The molecule has 0 aliphatic heterocycles. The summed E-state index contributed by atoms with van der Waals surface area (Å²) in [6.07, 6.45) is 0.231. The van der Waals surface area contributed by atoms with Crippen molar-refractivity contribution < 1.29 is 24.0 Å². The number of rotatable bonds is 8. The highest BCUT2D eigenvalue weighted by atomic mass is 16.6. The van der Waals surface area contributed by atoms with Gasteiger partial charge in [-0.3, -0.25) is 19.7 Å². The maximum Gasteiger partial charge on any atom is 0.276 e. The third kappa shape index (κ3) is 5.11. The van der Waals surface area contributed by atoms with E-state index >= 15 is 0 Å². The van der Waals surface area contributed by atoms with Gasteiger partial charge in [0.15, 0.2) is 11.5 Å². The normalized spacial score (nSPS) is 11.3. The van der Waals surface area contributed by atoms with E-state index in [9.17, 15) is 19.7 Å². The Hall–Kier alpha value is -2.84. The molecule has 0 saturated heterocycles. The molecule has 0 spiro atoms. The van der Waals surface area contributed by atoms with Crippen molar-refractivity contribution in [2.75, 3.05) is 20.8 Å². The summed E-state index contributed by atoms with van der Waals surface area (Å²) in [5.74, 6) is -0.0474. The van der Waals surface area contributed by atoms with Gasteiger partial charge in [-0.15, -0.1) is 0 Å². The molecule has 0 bridgehead atoms. The van der Waals surface area contributed by atoms with Gasteiger partial charge in [0.2, 0.25) is 11.8 Å². The van der Waals surface area contributed by atoms with Gasteiger partial charge in [-0.1, -0.05) is 0 Å². The average molecular weight is 339 g/mol. The monoisotopic (exact) mass is 339 g/mol. The lowest BCUT2D eigenvalue weighted by molar-refractivity contribution is -0.385. The molecule has 0 aliphatic carbocycles. The fraction of sp³-hybridized carbons (Fsp3) is 0.467. The zero-order valence-electron chi connectivity index (χ0n) is 14.0. The van der Waals surface area contributed by atoms with Crippen molar-refractivity contribution in [2.24, 2.45) is 0 Å². The standard InChI is InChI=1S/C15H21N3O6/c1-9(17-10(2)19)15(20)16-6-5-11-7-13(23-3)14(24-4)8-12(11)18(21)22/h7-9H,5-6H2,1-4H3,(H,16,20)(H,17,19). The van der Waals surface area contributed by atoms with Crippen molar-refractivity contribution in [1.82, 2.24) is 10.6 Å². The molecule has 132 valence electrons. The van der Waals surface area contributed by atoms with Gasteiger partial charge >= 0.3 is 0 Å². The van der Waals surface area contributed by atoms with Crippen molar-refractivity contribution in [2.45, 2.75) is 26.3 Å². The Morgan fingerprint density at radius 2 is 1.83 bits per heavy atom. The summed E-state index contributed by atoms with van der Waals surface area (Å²) >= 11 is 0. The molecule has 24 heavy (non-hydrogen) atoms. The second-order valence-corrected chi connectivity index (χ2v) is 5.06. The minimum atomic E-state index is -0.678. The van der Waals surface area contributed by atoms with Crippen LogP contribution in [0.15, 0.2) is 12.1 Å². The Kier molecular flexibility index (Phi) is 6.97. The van der Waals surface area contributed by atoms with Gasteiger partial charge in [0, 0.05) is 19.0 Å². The molecule has 0 aromatic heterocycles. The molecular formula is C15H21N3O6. The fourth-order valence-electron chi connectivity index (χ4n) is 2.12. The average Bonchev–Trinajstić information content (AvgIpc) is 2.53. The highest BCUT2D eigenvalue weighted by molar-refractivity contribution is 5.86. The van der Waals surface area contributed by atoms with Crippen LogP contribution in [0.4, 0.5) is 5.69 Å². The van der Waals surface area contributed by atoms with E-state index < -0.39 is 11.0 Å². The minimum absolute atomic E-state index is 0.114. The first-order valence-corrected chi connectivity index (χ1v) is 7.24. The van der Waals surface area contributed by atoms with Gasteiger partial charge in [-0.05, 0) is 19.4 Å². The van der Waals surface area contributed by atoms with Crippen LogP contribution in [0.3, 0.4) is 0 Å². The molecule has 0 heterocycles. The molecule has 0 saturated carbocycles. The van der Waals surface area contributed by atoms with Gasteiger partial charge < -0.3 is 20.1 Å². The lowest BCUT2D eigenvalue weighted by atomic mass is 10.1. The van der Waals surface area contributed by atoms with Crippen LogP contribution in [-0.2, 0) is 16.0 Å². The molecule has 9 nitrogen and oxygen atoms in total. The third-order valence-electron chi connectivity index (χ3n) is 3.29. The molecule has 1 aromatic rings. The highest BCUT2D eigenvalue weighted by Gasteiger charge is 2.20. The van der Waals surface area contributed by atoms with Crippen LogP contribution in [0.5, 0.6) is 11.5 Å². The maximum absolute atomic E-state index is 11.8. The summed E-state index contributed by atoms with van der Waals surface area (Å²) < 4.78 is 10.2. The van der Waals surface area contributed by atoms with Gasteiger partial charge in [0.25, 0.3) is 5.69 Å². The number of hydrogen-bond donors (Lipinski definition) is 2. The lowest BCUT2D eigenvalue weighted by Gasteiger charge is -2.13. The Balaban J connectivity index is 2.81. The van der Waals surface area contributed by atoms with E-state index in [0.717, 1.165) is 0 Å². The number of ether oxygens (including phenoxy) is 2. The Bertz CT molecular complexity index is 632. The van der Waals surface area contributed by atoms with Crippen molar-refractivity contribution in [1.29, 1.82) is 0 Å². The van der Waals surface area contributed by atoms with Crippen molar-refractivity contribution >= 4 is 17.5 Å². The second-order valence-electron chi connectivity index (χ2n) is 5.06. The zero-order chi connectivity index (χ0) is 18.3. The number of nitro groups is 1. The number of hydrogen-bond acceptors (Lipinski definition) is 6. The summed E-state index contributed by atoms with van der Waals surface area (Å²) in [6.45, 7) is 3.05. The summed E-state index contributed by atoms with van der Waals surface area (Å²) in [5.41, 5.74) is 0.293. The number of carbonyl (C=O) groups is 2. The number of carbonyl (C=O) groups excluding carboxylic acids is 2. The lowest BCUT2D eigenvalue weighted by Crippen LogP contribution is -2.44. The molecule has 2 amide bonds. The molecule has 1 atom stereocenters. The highest BCUT2D eigenvalue weighted by Crippen LogP contribution is 2.34. The smallest absolute Gasteiger partial charge is 0.276 e. The molecule has 2 N–H and O–H groups in total. The predicted molar refractivity (Wildman–Crippen MR) is 86.2 cm³/mol. The first kappa shape index (κ1) is 19.2. The second kappa shape index (κ2) is 8.70. The van der Waals surface area contributed by atoms with E-state index in [1.807, 2.05) is 0 Å². The molecule has 1 rings (SSSR count). The predicted octanol–water partition coefficient (Wildman–Crippen LogP) is 0.795. The van der Waals surface area contributed by atoms with E-state index in [-0.39, 0.29) is 36.2 Å². The summed E-state index contributed by atoms with van der Waals surface area (Å²) in [7, 11) is 2.83. The van der Waals surface area contributed by atoms with Crippen LogP contribution >= 0.6 is 0 Å². The minimum Gasteiger partial charge on any atom is -0.493 e. The number of nitrogens with one attached hydrogen (secondary N) is 2. The van der Waals surface area contributed by atoms with Crippen molar-refractivity contribution in [3.63, 3.8) is 0 Å². The summed E-state index contributed by atoms with van der Waals surface area (Å²) in [5, 5.41) is 16.3. The van der Waals surface area contributed by atoms with E-state index in [1.54, 1.807) is 6.92 Å². The first-order valence-electron chi connectivity index (χ1n) is 7.24. The van der Waals surface area contributed by atoms with Crippen molar-refractivity contribution in [3.05, 3.63) is 27.8 Å². The molecule has 0 aliphatic rings. The van der Waals surface area contributed by atoms with Crippen molar-refractivity contribution in [3.8, 4) is 11.5 Å². The summed E-state index contributed by atoms with van der Waals surface area (Å²) in [4.78, 5) is 33.4. The van der Waals surface area contributed by atoms with Gasteiger partial charge in [-0.2, -0.15) is 0 Å². The molecule has 9 heteroatoms. The van der Waals surface area contributed by atoms with Gasteiger partial charge in [0.1, 0.15) is 6.04 Å². The third-order valence-corrected chi connectivity index (χ3v) is 3.29. The number of nitrogens with zero attached hydrogens (tertiary/aromatic N) is 1. The van der Waals surface area contributed by atoms with E-state index in [4.69, 9.17) is 9.47 Å². The molecule has 0 fully saturated rings. The van der Waals surface area contributed by atoms with E-state index in [0.29, 0.717) is 11.3 Å². The number of methoxy groups -OCH3 is 2. The Morgan fingerprint density at radius 3 is 2.33 bits per heavy atom. The molecule has 1 unspecified atom stereocenters. The van der Waals surface area contributed by atoms with E-state index in [2.05, 4.69) is 10.6 Å². The topological polar surface area (TPSA) is 120 Å². The van der Waals surface area contributed by atoms with Gasteiger partial charge in [-0.25, -0.2) is 0 Å². The van der Waals surface area contributed by atoms with E-state index in [1.165, 1.54) is 33.3 Å². The van der Waals surface area contributed by atoms with Crippen LogP contribution in [0.25, 0.3) is 0 Å². The fourth-order valence-corrected chi connectivity index (χ4v) is 2.12.